The van der Waals surface area contributed by atoms with E-state index in [1.807, 2.05) is 30.3 Å². The maximum atomic E-state index is 6.58. The number of aliphatic imine (C=N–C) groups is 1. The van der Waals surface area contributed by atoms with Crippen LogP contribution in [-0.2, 0) is 14.9 Å². The van der Waals surface area contributed by atoms with Gasteiger partial charge in [-0.05, 0) is 74.9 Å². The van der Waals surface area contributed by atoms with Gasteiger partial charge < -0.3 is 15.2 Å². The summed E-state index contributed by atoms with van der Waals surface area (Å²) in [4.78, 5) is 15.4. The second kappa shape index (κ2) is 14.1. The Morgan fingerprint density at radius 2 is 1.44 bits per heavy atom. The normalized spacial score (nSPS) is 19.8. The van der Waals surface area contributed by atoms with E-state index >= 15 is 0 Å². The third kappa shape index (κ3) is 7.77. The molecule has 252 valence electrons. The van der Waals surface area contributed by atoms with Crippen LogP contribution in [0.5, 0.6) is 0 Å². The molecule has 8 heteroatoms. The summed E-state index contributed by atoms with van der Waals surface area (Å²) in [6.07, 6.45) is 7.87. The van der Waals surface area contributed by atoms with Crippen LogP contribution in [0.1, 0.15) is 97.7 Å². The number of nitrogens with zero attached hydrogens (tertiary/aromatic N) is 5. The zero-order chi connectivity index (χ0) is 33.9. The lowest BCUT2D eigenvalue weighted by Gasteiger charge is -2.24. The Morgan fingerprint density at radius 3 is 2.06 bits per heavy atom. The van der Waals surface area contributed by atoms with Gasteiger partial charge in [0, 0.05) is 40.9 Å². The highest BCUT2D eigenvalue weighted by atomic mass is 16.5. The van der Waals surface area contributed by atoms with Crippen molar-refractivity contribution >= 4 is 5.71 Å². The Bertz CT molecular complexity index is 1780. The quantitative estimate of drug-likeness (QED) is 0.201. The van der Waals surface area contributed by atoms with Gasteiger partial charge in [0.25, 0.3) is 0 Å². The van der Waals surface area contributed by atoms with Gasteiger partial charge in [-0.3, -0.25) is 4.99 Å². The molecule has 48 heavy (non-hydrogen) atoms. The molecule has 2 aliphatic heterocycles. The fraction of sp³-hybridized carbons (Fsp3) is 0.450. The average molecular weight is 647 g/mol. The molecule has 0 saturated carbocycles. The van der Waals surface area contributed by atoms with Gasteiger partial charge in [0.05, 0.1) is 39.9 Å². The van der Waals surface area contributed by atoms with Gasteiger partial charge in [-0.25, -0.2) is 14.6 Å². The Hall–Kier alpha value is -4.14. The summed E-state index contributed by atoms with van der Waals surface area (Å²) < 4.78 is 14.2. The molecule has 0 aliphatic carbocycles. The van der Waals surface area contributed by atoms with E-state index in [-0.39, 0.29) is 23.3 Å². The van der Waals surface area contributed by atoms with E-state index in [1.165, 1.54) is 0 Å². The molecule has 0 bridgehead atoms. The number of rotatable bonds is 7. The molecule has 2 aliphatic rings. The topological polar surface area (TPSA) is 100 Å². The van der Waals surface area contributed by atoms with Crippen molar-refractivity contribution in [3.05, 3.63) is 89.9 Å². The van der Waals surface area contributed by atoms with Gasteiger partial charge in [-0.15, -0.1) is 0 Å². The summed E-state index contributed by atoms with van der Waals surface area (Å²) in [5.74, 6) is 0. The van der Waals surface area contributed by atoms with E-state index in [2.05, 4.69) is 88.7 Å². The van der Waals surface area contributed by atoms with Crippen LogP contribution in [0.15, 0.2) is 83.5 Å². The largest absolute Gasteiger partial charge is 0.402 e. The summed E-state index contributed by atoms with van der Waals surface area (Å²) in [5, 5.41) is 5.06. The summed E-state index contributed by atoms with van der Waals surface area (Å²) in [6.45, 7) is 14.4. The summed E-state index contributed by atoms with van der Waals surface area (Å²) >= 11 is 0. The van der Waals surface area contributed by atoms with E-state index in [1.54, 1.807) is 0 Å². The Labute approximate surface area is 285 Å². The van der Waals surface area contributed by atoms with Crippen LogP contribution >= 0.6 is 0 Å². The predicted octanol–water partition coefficient (Wildman–Crippen LogP) is 8.88. The van der Waals surface area contributed by atoms with Gasteiger partial charge in [0.15, 0.2) is 6.23 Å². The van der Waals surface area contributed by atoms with Gasteiger partial charge >= 0.3 is 0 Å². The van der Waals surface area contributed by atoms with Crippen LogP contribution in [0.25, 0.3) is 33.9 Å². The standard InChI is InChI=1S/C40H50N6O2/c1-39(2,3)35(41)25-33(44-37-21-9-11-23-47-37)31-19-13-17-29(42-31)27-15-7-8-16-28(27)30-18-14-20-32(43-30)34-26-36(40(4,5)6)45-46(34)38-22-10-12-24-48-38/h7-8,13-20,25-26,37-38H,9-12,21-24,41H2,1-6H3. The highest BCUT2D eigenvalue weighted by Crippen LogP contribution is 2.35. The number of aromatic nitrogens is 4. The molecular formula is C40H50N6O2. The molecule has 3 aromatic heterocycles. The average Bonchev–Trinajstić information content (AvgIpc) is 3.55. The Morgan fingerprint density at radius 1 is 0.792 bits per heavy atom. The molecule has 2 unspecified atom stereocenters. The highest BCUT2D eigenvalue weighted by Gasteiger charge is 2.27. The van der Waals surface area contributed by atoms with Gasteiger partial charge in [-0.2, -0.15) is 5.10 Å². The highest BCUT2D eigenvalue weighted by molar-refractivity contribution is 6.08. The Balaban J connectivity index is 1.40. The molecular weight excluding hydrogens is 596 g/mol. The lowest BCUT2D eigenvalue weighted by atomic mass is 9.91. The van der Waals surface area contributed by atoms with Crippen molar-refractivity contribution in [1.29, 1.82) is 0 Å². The van der Waals surface area contributed by atoms with Crippen LogP contribution in [0, 0.1) is 5.41 Å². The maximum Gasteiger partial charge on any atom is 0.150 e. The number of pyridine rings is 2. The zero-order valence-corrected chi connectivity index (χ0v) is 29.4. The zero-order valence-electron chi connectivity index (χ0n) is 29.4. The van der Waals surface area contributed by atoms with Gasteiger partial charge in [0.1, 0.15) is 6.23 Å². The molecule has 2 fully saturated rings. The summed E-state index contributed by atoms with van der Waals surface area (Å²) in [7, 11) is 0. The molecule has 5 heterocycles. The SMILES string of the molecule is CC(C)(C)C(N)=CC(=NC1CCCCO1)c1cccc(-c2ccccc2-c2cccc(-c3cc(C(C)(C)C)nn3C3CCCCO3)n2)n1. The number of hydrogen-bond donors (Lipinski definition) is 1. The second-order valence-electron chi connectivity index (χ2n) is 15.0. The van der Waals surface area contributed by atoms with Crippen LogP contribution in [0.2, 0.25) is 0 Å². The van der Waals surface area contributed by atoms with Crippen LogP contribution in [0.4, 0.5) is 0 Å². The number of ether oxygens (including phenoxy) is 2. The minimum Gasteiger partial charge on any atom is -0.402 e. The third-order valence-corrected chi connectivity index (χ3v) is 9.03. The van der Waals surface area contributed by atoms with E-state index in [4.69, 9.17) is 35.3 Å². The van der Waals surface area contributed by atoms with Crippen molar-refractivity contribution in [2.24, 2.45) is 16.1 Å². The molecule has 6 rings (SSSR count). The first-order chi connectivity index (χ1) is 23.0. The number of hydrogen-bond acceptors (Lipinski definition) is 7. The molecule has 2 N–H and O–H groups in total. The van der Waals surface area contributed by atoms with E-state index in [0.717, 1.165) is 108 Å². The predicted molar refractivity (Wildman–Crippen MR) is 194 cm³/mol. The van der Waals surface area contributed by atoms with Gasteiger partial charge in [-0.1, -0.05) is 77.9 Å². The molecule has 0 spiro atoms. The first-order valence-electron chi connectivity index (χ1n) is 17.4. The maximum absolute atomic E-state index is 6.58. The lowest BCUT2D eigenvalue weighted by Crippen LogP contribution is -2.22. The van der Waals surface area contributed by atoms with Crippen molar-refractivity contribution in [3.8, 4) is 33.9 Å². The smallest absolute Gasteiger partial charge is 0.150 e. The summed E-state index contributed by atoms with van der Waals surface area (Å²) in [5.41, 5.74) is 15.1. The number of benzene rings is 1. The molecule has 2 atom stereocenters. The fourth-order valence-corrected chi connectivity index (χ4v) is 5.99. The number of nitrogens with two attached hydrogens (primary N) is 1. The number of allylic oxidation sites excluding steroid dienone is 2. The van der Waals surface area contributed by atoms with Crippen molar-refractivity contribution in [1.82, 2.24) is 19.7 Å². The Kier molecular flexibility index (Phi) is 9.95. The molecule has 4 aromatic rings. The molecule has 2 saturated heterocycles. The first kappa shape index (κ1) is 33.7. The molecule has 0 radical (unpaired) electrons. The fourth-order valence-electron chi connectivity index (χ4n) is 5.99. The third-order valence-electron chi connectivity index (χ3n) is 9.03. The van der Waals surface area contributed by atoms with Crippen LogP contribution < -0.4 is 5.73 Å². The first-order valence-corrected chi connectivity index (χ1v) is 17.4. The minimum absolute atomic E-state index is 0.0919. The van der Waals surface area contributed by atoms with Crippen molar-refractivity contribution in [2.75, 3.05) is 13.2 Å². The van der Waals surface area contributed by atoms with Crippen molar-refractivity contribution < 1.29 is 9.47 Å². The van der Waals surface area contributed by atoms with E-state index < -0.39 is 0 Å². The van der Waals surface area contributed by atoms with Crippen LogP contribution in [0.3, 0.4) is 0 Å². The lowest BCUT2D eigenvalue weighted by molar-refractivity contribution is -0.0387. The van der Waals surface area contributed by atoms with Gasteiger partial charge in [0.2, 0.25) is 0 Å². The van der Waals surface area contributed by atoms with Crippen LogP contribution in [-0.4, -0.2) is 44.9 Å². The molecule has 8 nitrogen and oxygen atoms in total. The second-order valence-corrected chi connectivity index (χ2v) is 15.0. The summed E-state index contributed by atoms with van der Waals surface area (Å²) in [6, 6.07) is 22.8. The van der Waals surface area contributed by atoms with E-state index in [0.29, 0.717) is 0 Å². The molecule has 1 aromatic carbocycles. The van der Waals surface area contributed by atoms with Crippen molar-refractivity contribution in [2.45, 2.75) is 97.9 Å². The minimum atomic E-state index is -0.207. The van der Waals surface area contributed by atoms with E-state index in [9.17, 15) is 0 Å². The molecule has 0 amide bonds. The van der Waals surface area contributed by atoms with Crippen molar-refractivity contribution in [3.63, 3.8) is 0 Å². The monoisotopic (exact) mass is 646 g/mol.